The third-order valence-electron chi connectivity index (χ3n) is 2.97. The molecular weight excluding hydrogens is 320 g/mol. The van der Waals surface area contributed by atoms with Gasteiger partial charge in [0, 0.05) is 22.6 Å². The fourth-order valence-electron chi connectivity index (χ4n) is 1.91. The monoisotopic (exact) mass is 330 g/mol. The van der Waals surface area contributed by atoms with Crippen molar-refractivity contribution in [3.63, 3.8) is 0 Å². The minimum Gasteiger partial charge on any atom is -0.461 e. The molecule has 0 aliphatic carbocycles. The number of hydrogen-bond acceptors (Lipinski definition) is 7. The second-order valence-corrected chi connectivity index (χ2v) is 5.55. The first-order chi connectivity index (χ1) is 11.0. The molecule has 2 heterocycles. The number of furan rings is 1. The van der Waals surface area contributed by atoms with Gasteiger partial charge in [0.25, 0.3) is 5.69 Å². The molecule has 0 aliphatic rings. The lowest BCUT2D eigenvalue weighted by Gasteiger charge is -2.03. The Morgan fingerprint density at radius 3 is 2.87 bits per heavy atom. The number of H-pyrrole nitrogens is 1. The number of non-ortho nitro benzene ring substituents is 1. The van der Waals surface area contributed by atoms with Crippen LogP contribution in [0.3, 0.4) is 0 Å². The minimum atomic E-state index is -0.539. The summed E-state index contributed by atoms with van der Waals surface area (Å²) in [7, 11) is 0. The van der Waals surface area contributed by atoms with Gasteiger partial charge in [0.1, 0.15) is 0 Å². The molecule has 0 radical (unpaired) electrons. The number of benzene rings is 1. The zero-order chi connectivity index (χ0) is 16.4. The van der Waals surface area contributed by atoms with E-state index in [-0.39, 0.29) is 17.0 Å². The Morgan fingerprint density at radius 1 is 1.39 bits per heavy atom. The smallest absolute Gasteiger partial charge is 0.270 e. The Bertz CT molecular complexity index is 873. The topological polar surface area (TPSA) is 115 Å². The molecule has 0 unspecified atom stereocenters. The van der Waals surface area contributed by atoms with Crippen molar-refractivity contribution in [3.8, 4) is 11.6 Å². The SMILES string of the molecule is CC(=O)c1cc([N+](=O)[O-])ccc1Sc1n[nH]c(-c2ccco2)n1. The third kappa shape index (κ3) is 3.14. The molecule has 2 aromatic heterocycles. The molecule has 3 aromatic rings. The van der Waals surface area contributed by atoms with Crippen LogP contribution in [0.2, 0.25) is 0 Å². The third-order valence-corrected chi connectivity index (χ3v) is 3.92. The molecule has 3 rings (SSSR count). The number of aromatic nitrogens is 3. The van der Waals surface area contributed by atoms with Crippen molar-refractivity contribution in [1.29, 1.82) is 0 Å². The first-order valence-electron chi connectivity index (χ1n) is 6.48. The van der Waals surface area contributed by atoms with Gasteiger partial charge in [-0.3, -0.25) is 20.0 Å². The van der Waals surface area contributed by atoms with Crippen LogP contribution in [0.5, 0.6) is 0 Å². The van der Waals surface area contributed by atoms with Gasteiger partial charge in [-0.25, -0.2) is 0 Å². The highest BCUT2D eigenvalue weighted by Crippen LogP contribution is 2.31. The minimum absolute atomic E-state index is 0.134. The van der Waals surface area contributed by atoms with Gasteiger partial charge in [-0.15, -0.1) is 5.10 Å². The first-order valence-corrected chi connectivity index (χ1v) is 7.30. The van der Waals surface area contributed by atoms with Crippen LogP contribution < -0.4 is 0 Å². The lowest BCUT2D eigenvalue weighted by molar-refractivity contribution is -0.384. The molecule has 0 atom stereocenters. The van der Waals surface area contributed by atoms with Gasteiger partial charge < -0.3 is 4.42 Å². The number of rotatable bonds is 5. The second-order valence-electron chi connectivity index (χ2n) is 4.54. The molecule has 0 saturated carbocycles. The van der Waals surface area contributed by atoms with Gasteiger partial charge in [-0.05, 0) is 36.9 Å². The highest BCUT2D eigenvalue weighted by atomic mass is 32.2. The van der Waals surface area contributed by atoms with Gasteiger partial charge in [-0.2, -0.15) is 4.98 Å². The Balaban J connectivity index is 1.91. The zero-order valence-electron chi connectivity index (χ0n) is 11.8. The summed E-state index contributed by atoms with van der Waals surface area (Å²) in [4.78, 5) is 26.8. The number of carbonyl (C=O) groups is 1. The molecule has 1 N–H and O–H groups in total. The van der Waals surface area contributed by atoms with Crippen LogP contribution in [0, 0.1) is 10.1 Å². The van der Waals surface area contributed by atoms with Crippen molar-refractivity contribution in [2.45, 2.75) is 17.0 Å². The Morgan fingerprint density at radius 2 is 2.22 bits per heavy atom. The summed E-state index contributed by atoms with van der Waals surface area (Å²) in [5.74, 6) is 0.738. The van der Waals surface area contributed by atoms with Gasteiger partial charge in [0.2, 0.25) is 5.16 Å². The number of nitrogens with zero attached hydrogens (tertiary/aromatic N) is 3. The maximum Gasteiger partial charge on any atom is 0.270 e. The molecule has 8 nitrogen and oxygen atoms in total. The van der Waals surface area contributed by atoms with Crippen LogP contribution in [0.1, 0.15) is 17.3 Å². The number of ketones is 1. The van der Waals surface area contributed by atoms with Crippen LogP contribution in [0.15, 0.2) is 51.1 Å². The lowest BCUT2D eigenvalue weighted by atomic mass is 10.1. The molecule has 23 heavy (non-hydrogen) atoms. The van der Waals surface area contributed by atoms with E-state index >= 15 is 0 Å². The van der Waals surface area contributed by atoms with Crippen LogP contribution in [-0.4, -0.2) is 25.9 Å². The number of carbonyl (C=O) groups excluding carboxylic acids is 1. The molecule has 0 fully saturated rings. The summed E-state index contributed by atoms with van der Waals surface area (Å²) in [5.41, 5.74) is 0.124. The fourth-order valence-corrected chi connectivity index (χ4v) is 2.78. The highest BCUT2D eigenvalue weighted by molar-refractivity contribution is 7.99. The van der Waals surface area contributed by atoms with Gasteiger partial charge in [0.05, 0.1) is 11.2 Å². The molecule has 0 aliphatic heterocycles. The van der Waals surface area contributed by atoms with E-state index < -0.39 is 4.92 Å². The van der Waals surface area contributed by atoms with E-state index in [0.29, 0.717) is 21.6 Å². The zero-order valence-corrected chi connectivity index (χ0v) is 12.7. The summed E-state index contributed by atoms with van der Waals surface area (Å²) in [5, 5.41) is 18.0. The predicted molar refractivity (Wildman–Crippen MR) is 81.3 cm³/mol. The Labute approximate surface area is 134 Å². The number of Topliss-reactive ketones (excluding diaryl/α,β-unsaturated/α-hetero) is 1. The number of nitrogens with one attached hydrogen (secondary N) is 1. The largest absolute Gasteiger partial charge is 0.461 e. The second kappa shape index (κ2) is 6.05. The predicted octanol–water partition coefficient (Wildman–Crippen LogP) is 3.33. The number of nitro groups is 1. The van der Waals surface area contributed by atoms with Crippen LogP contribution in [0.25, 0.3) is 11.6 Å². The number of hydrogen-bond donors (Lipinski definition) is 1. The van der Waals surface area contributed by atoms with E-state index in [0.717, 1.165) is 11.8 Å². The van der Waals surface area contributed by atoms with E-state index in [2.05, 4.69) is 15.2 Å². The number of nitro benzene ring substituents is 1. The van der Waals surface area contributed by atoms with Gasteiger partial charge in [0.15, 0.2) is 17.4 Å². The molecule has 0 spiro atoms. The van der Waals surface area contributed by atoms with Crippen molar-refractivity contribution in [2.75, 3.05) is 0 Å². The van der Waals surface area contributed by atoms with E-state index in [1.54, 1.807) is 12.1 Å². The van der Waals surface area contributed by atoms with Crippen molar-refractivity contribution in [3.05, 3.63) is 52.3 Å². The van der Waals surface area contributed by atoms with E-state index in [1.807, 2.05) is 0 Å². The fraction of sp³-hybridized carbons (Fsp3) is 0.0714. The highest BCUT2D eigenvalue weighted by Gasteiger charge is 2.17. The number of aromatic amines is 1. The van der Waals surface area contributed by atoms with Gasteiger partial charge >= 0.3 is 0 Å². The summed E-state index contributed by atoms with van der Waals surface area (Å²) in [6, 6.07) is 7.58. The average molecular weight is 330 g/mol. The summed E-state index contributed by atoms with van der Waals surface area (Å²) < 4.78 is 5.22. The Kier molecular flexibility index (Phi) is 3.94. The van der Waals surface area contributed by atoms with E-state index in [1.165, 1.54) is 31.4 Å². The van der Waals surface area contributed by atoms with Crippen LogP contribution in [-0.2, 0) is 0 Å². The summed E-state index contributed by atoms with van der Waals surface area (Å²) in [6.07, 6.45) is 1.52. The van der Waals surface area contributed by atoms with Crippen LogP contribution >= 0.6 is 11.8 Å². The molecular formula is C14H10N4O4S. The maximum atomic E-state index is 11.7. The molecule has 0 saturated heterocycles. The maximum absolute atomic E-state index is 11.7. The van der Waals surface area contributed by atoms with Crippen molar-refractivity contribution >= 4 is 23.2 Å². The summed E-state index contributed by atoms with van der Waals surface area (Å²) >= 11 is 1.14. The first kappa shape index (κ1) is 15.0. The van der Waals surface area contributed by atoms with Crippen LogP contribution in [0.4, 0.5) is 5.69 Å². The molecule has 0 bridgehead atoms. The van der Waals surface area contributed by atoms with Crippen molar-refractivity contribution in [2.24, 2.45) is 0 Å². The Hall–Kier alpha value is -2.94. The lowest BCUT2D eigenvalue weighted by Crippen LogP contribution is -1.98. The summed E-state index contributed by atoms with van der Waals surface area (Å²) in [6.45, 7) is 1.36. The van der Waals surface area contributed by atoms with Crippen molar-refractivity contribution < 1.29 is 14.1 Å². The molecule has 0 amide bonds. The molecule has 116 valence electrons. The van der Waals surface area contributed by atoms with Gasteiger partial charge in [-0.1, -0.05) is 0 Å². The normalized spacial score (nSPS) is 10.7. The van der Waals surface area contributed by atoms with E-state index in [4.69, 9.17) is 4.42 Å². The quantitative estimate of drug-likeness (QED) is 0.433. The van der Waals surface area contributed by atoms with E-state index in [9.17, 15) is 14.9 Å². The molecule has 1 aromatic carbocycles. The average Bonchev–Trinajstić information content (AvgIpc) is 3.17. The molecule has 9 heteroatoms. The van der Waals surface area contributed by atoms with Crippen molar-refractivity contribution in [1.82, 2.24) is 15.2 Å². The standard InChI is InChI=1S/C14H10N4O4S/c1-8(19)10-7-9(18(20)21)4-5-12(10)23-14-15-13(16-17-14)11-3-2-6-22-11/h2-7H,1H3,(H,15,16,17).